The van der Waals surface area contributed by atoms with E-state index in [1.165, 1.54) is 0 Å². The number of benzene rings is 1. The van der Waals surface area contributed by atoms with Gasteiger partial charge in [-0.05, 0) is 19.1 Å². The molecule has 25 heavy (non-hydrogen) atoms. The van der Waals surface area contributed by atoms with Crippen molar-refractivity contribution >= 4 is 0 Å². The SMILES string of the molecule is Cc1ccc([C@@H]2CN(Cc3nnc(-c4ccccc4)n3C)CCO2)o1. The van der Waals surface area contributed by atoms with Crippen molar-refractivity contribution in [3.63, 3.8) is 0 Å². The second-order valence-corrected chi connectivity index (χ2v) is 6.41. The lowest BCUT2D eigenvalue weighted by molar-refractivity contribution is -0.0439. The fourth-order valence-electron chi connectivity index (χ4n) is 3.18. The van der Waals surface area contributed by atoms with Gasteiger partial charge in [0.25, 0.3) is 0 Å². The van der Waals surface area contributed by atoms with Crippen LogP contribution in [0.2, 0.25) is 0 Å². The monoisotopic (exact) mass is 338 g/mol. The van der Waals surface area contributed by atoms with Crippen molar-refractivity contribution in [1.29, 1.82) is 0 Å². The molecule has 1 saturated heterocycles. The van der Waals surface area contributed by atoms with Crippen molar-refractivity contribution in [2.45, 2.75) is 19.6 Å². The fourth-order valence-corrected chi connectivity index (χ4v) is 3.18. The summed E-state index contributed by atoms with van der Waals surface area (Å²) in [5.74, 6) is 3.65. The number of hydrogen-bond donors (Lipinski definition) is 0. The molecule has 1 fully saturated rings. The second-order valence-electron chi connectivity index (χ2n) is 6.41. The van der Waals surface area contributed by atoms with Crippen molar-refractivity contribution in [2.75, 3.05) is 19.7 Å². The number of ether oxygens (including phenoxy) is 1. The molecular formula is C19H22N4O2. The molecule has 0 radical (unpaired) electrons. The Kier molecular flexibility index (Phi) is 4.38. The highest BCUT2D eigenvalue weighted by molar-refractivity contribution is 5.54. The van der Waals surface area contributed by atoms with Gasteiger partial charge in [0.2, 0.25) is 0 Å². The third-order valence-corrected chi connectivity index (χ3v) is 4.59. The number of aromatic nitrogens is 3. The number of aryl methyl sites for hydroxylation is 1. The molecule has 130 valence electrons. The van der Waals surface area contributed by atoms with E-state index in [-0.39, 0.29) is 6.10 Å². The standard InChI is InChI=1S/C19H22N4O2/c1-14-8-9-16(25-14)17-12-23(10-11-24-17)13-18-20-21-19(22(18)2)15-6-4-3-5-7-15/h3-9,17H,10-13H2,1-2H3/t17-/m0/s1. The van der Waals surface area contributed by atoms with Gasteiger partial charge in [0, 0.05) is 25.7 Å². The molecule has 0 amide bonds. The van der Waals surface area contributed by atoms with E-state index in [4.69, 9.17) is 9.15 Å². The zero-order valence-electron chi connectivity index (χ0n) is 14.6. The molecule has 0 unspecified atom stereocenters. The molecule has 1 atom stereocenters. The first-order valence-corrected chi connectivity index (χ1v) is 8.54. The molecule has 1 aromatic carbocycles. The van der Waals surface area contributed by atoms with Crippen LogP contribution in [0.1, 0.15) is 23.4 Å². The van der Waals surface area contributed by atoms with E-state index in [1.54, 1.807) is 0 Å². The van der Waals surface area contributed by atoms with E-state index in [1.807, 2.05) is 44.3 Å². The first-order valence-electron chi connectivity index (χ1n) is 8.54. The molecule has 2 aromatic heterocycles. The summed E-state index contributed by atoms with van der Waals surface area (Å²) in [4.78, 5) is 2.34. The zero-order chi connectivity index (χ0) is 17.2. The number of furan rings is 1. The van der Waals surface area contributed by atoms with Gasteiger partial charge < -0.3 is 13.7 Å². The summed E-state index contributed by atoms with van der Waals surface area (Å²) in [7, 11) is 2.02. The highest BCUT2D eigenvalue weighted by Crippen LogP contribution is 2.25. The summed E-state index contributed by atoms with van der Waals surface area (Å²) in [6.07, 6.45) is -0.0238. The Hall–Kier alpha value is -2.44. The summed E-state index contributed by atoms with van der Waals surface area (Å²) in [5.41, 5.74) is 1.08. The first-order chi connectivity index (χ1) is 12.2. The summed E-state index contributed by atoms with van der Waals surface area (Å²) >= 11 is 0. The van der Waals surface area contributed by atoms with Gasteiger partial charge in [-0.3, -0.25) is 4.90 Å². The summed E-state index contributed by atoms with van der Waals surface area (Å²) < 4.78 is 13.7. The van der Waals surface area contributed by atoms with Crippen LogP contribution in [0.5, 0.6) is 0 Å². The molecule has 0 N–H and O–H groups in total. The molecule has 6 nitrogen and oxygen atoms in total. The molecule has 3 aromatic rings. The number of hydrogen-bond acceptors (Lipinski definition) is 5. The van der Waals surface area contributed by atoms with E-state index >= 15 is 0 Å². The quantitative estimate of drug-likeness (QED) is 0.732. The highest BCUT2D eigenvalue weighted by atomic mass is 16.5. The van der Waals surface area contributed by atoms with Crippen molar-refractivity contribution < 1.29 is 9.15 Å². The number of nitrogens with zero attached hydrogens (tertiary/aromatic N) is 4. The average molecular weight is 338 g/mol. The van der Waals surface area contributed by atoms with Crippen molar-refractivity contribution in [3.05, 3.63) is 59.8 Å². The molecule has 0 spiro atoms. The summed E-state index contributed by atoms with van der Waals surface area (Å²) in [6, 6.07) is 14.1. The smallest absolute Gasteiger partial charge is 0.163 e. The molecule has 1 aliphatic rings. The zero-order valence-corrected chi connectivity index (χ0v) is 14.6. The maximum Gasteiger partial charge on any atom is 0.163 e. The number of rotatable bonds is 4. The summed E-state index contributed by atoms with van der Waals surface area (Å²) in [5, 5.41) is 8.76. The Labute approximate surface area is 147 Å². The second kappa shape index (κ2) is 6.82. The Morgan fingerprint density at radius 2 is 1.96 bits per heavy atom. The molecule has 4 rings (SSSR count). The minimum atomic E-state index is -0.0238. The predicted octanol–water partition coefficient (Wildman–Crippen LogP) is 2.96. The van der Waals surface area contributed by atoms with E-state index in [9.17, 15) is 0 Å². The van der Waals surface area contributed by atoms with E-state index in [0.29, 0.717) is 6.61 Å². The van der Waals surface area contributed by atoms with Crippen LogP contribution in [0.25, 0.3) is 11.4 Å². The Morgan fingerprint density at radius 1 is 1.12 bits per heavy atom. The molecule has 0 saturated carbocycles. The maximum atomic E-state index is 5.87. The largest absolute Gasteiger partial charge is 0.464 e. The lowest BCUT2D eigenvalue weighted by atomic mass is 10.2. The molecule has 1 aliphatic heterocycles. The van der Waals surface area contributed by atoms with Gasteiger partial charge in [-0.15, -0.1) is 10.2 Å². The van der Waals surface area contributed by atoms with Crippen LogP contribution in [0.3, 0.4) is 0 Å². The van der Waals surface area contributed by atoms with Crippen molar-refractivity contribution in [2.24, 2.45) is 7.05 Å². The van der Waals surface area contributed by atoms with Crippen molar-refractivity contribution in [3.8, 4) is 11.4 Å². The predicted molar refractivity (Wildman–Crippen MR) is 93.9 cm³/mol. The molecule has 3 heterocycles. The third-order valence-electron chi connectivity index (χ3n) is 4.59. The van der Waals surface area contributed by atoms with Gasteiger partial charge in [-0.25, -0.2) is 0 Å². The minimum absolute atomic E-state index is 0.0238. The third kappa shape index (κ3) is 3.36. The van der Waals surface area contributed by atoms with Crippen LogP contribution in [-0.2, 0) is 18.3 Å². The molecule has 6 heteroatoms. The Balaban J connectivity index is 1.48. The van der Waals surface area contributed by atoms with E-state index in [0.717, 1.165) is 48.4 Å². The lowest BCUT2D eigenvalue weighted by Crippen LogP contribution is -2.38. The number of morpholine rings is 1. The fraction of sp³-hybridized carbons (Fsp3) is 0.368. The van der Waals surface area contributed by atoms with Gasteiger partial charge in [0.1, 0.15) is 23.4 Å². The van der Waals surface area contributed by atoms with E-state index < -0.39 is 0 Å². The maximum absolute atomic E-state index is 5.87. The van der Waals surface area contributed by atoms with Gasteiger partial charge in [0.05, 0.1) is 13.2 Å². The molecule has 0 bridgehead atoms. The van der Waals surface area contributed by atoms with Crippen LogP contribution in [0.4, 0.5) is 0 Å². The molecular weight excluding hydrogens is 316 g/mol. The Bertz CT molecular complexity index is 840. The van der Waals surface area contributed by atoms with Gasteiger partial charge in [0.15, 0.2) is 5.82 Å². The van der Waals surface area contributed by atoms with Gasteiger partial charge >= 0.3 is 0 Å². The Morgan fingerprint density at radius 3 is 2.72 bits per heavy atom. The highest BCUT2D eigenvalue weighted by Gasteiger charge is 2.25. The normalized spacial score (nSPS) is 18.6. The van der Waals surface area contributed by atoms with Crippen LogP contribution < -0.4 is 0 Å². The van der Waals surface area contributed by atoms with Crippen LogP contribution in [-0.4, -0.2) is 39.4 Å². The van der Waals surface area contributed by atoms with Crippen molar-refractivity contribution in [1.82, 2.24) is 19.7 Å². The summed E-state index contributed by atoms with van der Waals surface area (Å²) in [6.45, 7) is 5.06. The van der Waals surface area contributed by atoms with Gasteiger partial charge in [-0.2, -0.15) is 0 Å². The average Bonchev–Trinajstić information content (AvgIpc) is 3.23. The van der Waals surface area contributed by atoms with E-state index in [2.05, 4.69) is 31.8 Å². The minimum Gasteiger partial charge on any atom is -0.464 e. The first kappa shape index (κ1) is 16.1. The van der Waals surface area contributed by atoms with Crippen LogP contribution in [0.15, 0.2) is 46.9 Å². The topological polar surface area (TPSA) is 56.3 Å². The molecule has 0 aliphatic carbocycles. The van der Waals surface area contributed by atoms with Crippen LogP contribution >= 0.6 is 0 Å². The van der Waals surface area contributed by atoms with Crippen LogP contribution in [0, 0.1) is 6.92 Å². The van der Waals surface area contributed by atoms with Gasteiger partial charge in [-0.1, -0.05) is 30.3 Å². The lowest BCUT2D eigenvalue weighted by Gasteiger charge is -2.31.